The highest BCUT2D eigenvalue weighted by Gasteiger charge is 2.20. The molecule has 0 saturated heterocycles. The highest BCUT2D eigenvalue weighted by Crippen LogP contribution is 2.37. The van der Waals surface area contributed by atoms with Gasteiger partial charge in [0, 0.05) is 40.7 Å². The van der Waals surface area contributed by atoms with Crippen molar-refractivity contribution in [3.63, 3.8) is 0 Å². The predicted molar refractivity (Wildman–Crippen MR) is 160 cm³/mol. The van der Waals surface area contributed by atoms with Crippen LogP contribution >= 0.6 is 23.4 Å². The zero-order chi connectivity index (χ0) is 27.6. The first-order chi connectivity index (χ1) is 19.0. The minimum Gasteiger partial charge on any atom is -0.497 e. The van der Waals surface area contributed by atoms with Crippen molar-refractivity contribution in [3.05, 3.63) is 77.8 Å². The van der Waals surface area contributed by atoms with E-state index < -0.39 is 0 Å². The Labute approximate surface area is 238 Å². The van der Waals surface area contributed by atoms with Crippen LogP contribution in [0.15, 0.2) is 78.0 Å². The van der Waals surface area contributed by atoms with Crippen molar-refractivity contribution in [2.24, 2.45) is 0 Å². The van der Waals surface area contributed by atoms with Crippen molar-refractivity contribution < 1.29 is 14.3 Å². The van der Waals surface area contributed by atoms with Crippen molar-refractivity contribution in [1.29, 1.82) is 0 Å². The minimum absolute atomic E-state index is 0.236. The highest BCUT2D eigenvalue weighted by molar-refractivity contribution is 7.99. The summed E-state index contributed by atoms with van der Waals surface area (Å²) in [5.74, 6) is 2.51. The maximum atomic E-state index is 12.2. The largest absolute Gasteiger partial charge is 0.497 e. The number of thioether (sulfide) groups is 1. The molecule has 0 aliphatic heterocycles. The second-order valence-corrected chi connectivity index (χ2v) is 10.2. The molecule has 1 aromatic heterocycles. The van der Waals surface area contributed by atoms with E-state index in [1.54, 1.807) is 50.2 Å². The Kier molecular flexibility index (Phi) is 10.2. The molecule has 0 fully saturated rings. The van der Waals surface area contributed by atoms with Crippen LogP contribution in [-0.4, -0.2) is 42.1 Å². The first kappa shape index (κ1) is 28.4. The number of rotatable bonds is 12. The van der Waals surface area contributed by atoms with Crippen molar-refractivity contribution >= 4 is 35.1 Å². The van der Waals surface area contributed by atoms with Gasteiger partial charge in [-0.2, -0.15) is 0 Å². The fraction of sp³-hybridized carbons (Fsp3) is 0.267. The number of hydrogen-bond donors (Lipinski definition) is 2. The third-order valence-corrected chi connectivity index (χ3v) is 7.44. The summed E-state index contributed by atoms with van der Waals surface area (Å²) in [6, 6.07) is 23.0. The number of carbonyl (C=O) groups is 1. The average Bonchev–Trinajstić information content (AvgIpc) is 3.33. The molecule has 3 aromatic carbocycles. The number of aromatic nitrogens is 2. The van der Waals surface area contributed by atoms with E-state index >= 15 is 0 Å². The molecular formula is C30H33ClN4O3S. The molecule has 0 bridgehead atoms. The summed E-state index contributed by atoms with van der Waals surface area (Å²) < 4.78 is 13.0. The Morgan fingerprint density at radius 3 is 2.23 bits per heavy atom. The van der Waals surface area contributed by atoms with Gasteiger partial charge >= 0.3 is 6.03 Å². The van der Waals surface area contributed by atoms with Crippen LogP contribution in [0.2, 0.25) is 5.02 Å². The average molecular weight is 565 g/mol. The van der Waals surface area contributed by atoms with Gasteiger partial charge in [-0.1, -0.05) is 29.4 Å². The number of nitrogens with zero attached hydrogens (tertiary/aromatic N) is 2. The minimum atomic E-state index is -0.236. The van der Waals surface area contributed by atoms with E-state index in [0.29, 0.717) is 17.3 Å². The van der Waals surface area contributed by atoms with Gasteiger partial charge in [-0.15, -0.1) is 0 Å². The fourth-order valence-electron chi connectivity index (χ4n) is 4.16. The summed E-state index contributed by atoms with van der Waals surface area (Å²) in [6.45, 7) is 3.51. The molecule has 4 aromatic rings. The van der Waals surface area contributed by atoms with Crippen LogP contribution in [0.1, 0.15) is 19.8 Å². The molecule has 0 atom stereocenters. The number of nitrogens with one attached hydrogen (secondary N) is 2. The number of unbranched alkanes of at least 4 members (excludes halogenated alkanes) is 1. The van der Waals surface area contributed by atoms with Gasteiger partial charge in [0.15, 0.2) is 5.16 Å². The second-order valence-electron chi connectivity index (χ2n) is 8.74. The molecule has 0 saturated carbocycles. The van der Waals surface area contributed by atoms with Crippen molar-refractivity contribution in [2.75, 3.05) is 31.8 Å². The molecule has 0 aliphatic rings. The number of methoxy groups -OCH3 is 2. The van der Waals surface area contributed by atoms with Gasteiger partial charge in [-0.05, 0) is 86.5 Å². The summed E-state index contributed by atoms with van der Waals surface area (Å²) >= 11 is 7.71. The number of imidazole rings is 1. The number of urea groups is 1. The predicted octanol–water partition coefficient (Wildman–Crippen LogP) is 7.60. The van der Waals surface area contributed by atoms with Crippen LogP contribution in [0.3, 0.4) is 0 Å². The van der Waals surface area contributed by atoms with Gasteiger partial charge in [0.25, 0.3) is 0 Å². The van der Waals surface area contributed by atoms with Crippen LogP contribution in [-0.2, 0) is 6.54 Å². The molecule has 4 rings (SSSR count). The van der Waals surface area contributed by atoms with Crippen LogP contribution < -0.4 is 20.1 Å². The molecule has 0 unspecified atom stereocenters. The quantitative estimate of drug-likeness (QED) is 0.137. The number of amides is 2. The smallest absolute Gasteiger partial charge is 0.319 e. The number of hydrogen-bond acceptors (Lipinski definition) is 5. The maximum Gasteiger partial charge on any atom is 0.319 e. The van der Waals surface area contributed by atoms with Gasteiger partial charge < -0.3 is 24.7 Å². The Morgan fingerprint density at radius 1 is 0.949 bits per heavy atom. The number of benzene rings is 3. The molecule has 0 aliphatic carbocycles. The molecule has 7 nitrogen and oxygen atoms in total. The topological polar surface area (TPSA) is 77.4 Å². The molecule has 0 radical (unpaired) electrons. The fourth-order valence-corrected chi connectivity index (χ4v) is 5.41. The molecule has 1 heterocycles. The number of ether oxygens (including phenoxy) is 2. The lowest BCUT2D eigenvalue weighted by Gasteiger charge is -2.12. The standard InChI is InChI=1S/C30H33ClN4O3S/c1-4-35-28(22-12-16-26(38-3)17-13-22)27(21-10-14-25(37-2)15-11-21)34-30(35)39-19-6-5-18-32-29(36)33-24-9-7-8-23(31)20-24/h7-17,20H,4-6,18-19H2,1-3H3,(H2,32,33,36). The normalized spacial score (nSPS) is 10.8. The van der Waals surface area contributed by atoms with Gasteiger partial charge in [0.05, 0.1) is 25.6 Å². The Balaban J connectivity index is 1.42. The van der Waals surface area contributed by atoms with Crippen molar-refractivity contribution in [3.8, 4) is 34.0 Å². The summed E-state index contributed by atoms with van der Waals surface area (Å²) in [4.78, 5) is 17.2. The zero-order valence-electron chi connectivity index (χ0n) is 22.4. The van der Waals surface area contributed by atoms with Crippen molar-refractivity contribution in [1.82, 2.24) is 14.9 Å². The van der Waals surface area contributed by atoms with E-state index in [1.807, 2.05) is 36.4 Å². The summed E-state index contributed by atoms with van der Waals surface area (Å²) in [5, 5.41) is 7.26. The highest BCUT2D eigenvalue weighted by atomic mass is 35.5. The summed E-state index contributed by atoms with van der Waals surface area (Å²) in [7, 11) is 3.34. The lowest BCUT2D eigenvalue weighted by molar-refractivity contribution is 0.252. The first-order valence-electron chi connectivity index (χ1n) is 12.8. The molecule has 2 amide bonds. The Morgan fingerprint density at radius 2 is 1.62 bits per heavy atom. The molecule has 39 heavy (non-hydrogen) atoms. The van der Waals surface area contributed by atoms with Crippen molar-refractivity contribution in [2.45, 2.75) is 31.5 Å². The van der Waals surface area contributed by atoms with Crippen LogP contribution in [0.4, 0.5) is 10.5 Å². The molecule has 2 N–H and O–H groups in total. The summed E-state index contributed by atoms with van der Waals surface area (Å²) in [6.07, 6.45) is 1.80. The molecular weight excluding hydrogens is 532 g/mol. The maximum absolute atomic E-state index is 12.2. The van der Waals surface area contributed by atoms with E-state index in [1.165, 1.54) is 0 Å². The van der Waals surface area contributed by atoms with Gasteiger partial charge in [-0.25, -0.2) is 9.78 Å². The van der Waals surface area contributed by atoms with E-state index in [9.17, 15) is 4.79 Å². The van der Waals surface area contributed by atoms with Gasteiger partial charge in [0.1, 0.15) is 11.5 Å². The second kappa shape index (κ2) is 14.0. The number of anilines is 1. The van der Waals surface area contributed by atoms with E-state index in [0.717, 1.165) is 64.3 Å². The SMILES string of the molecule is CCn1c(SCCCCNC(=O)Nc2cccc(Cl)c2)nc(-c2ccc(OC)cc2)c1-c1ccc(OC)cc1. The third kappa shape index (κ3) is 7.49. The van der Waals surface area contributed by atoms with E-state index in [4.69, 9.17) is 26.1 Å². The number of carbonyl (C=O) groups excluding carboxylic acids is 1. The summed E-state index contributed by atoms with van der Waals surface area (Å²) in [5.41, 5.74) is 4.80. The molecule has 204 valence electrons. The van der Waals surface area contributed by atoms with Crippen LogP contribution in [0.25, 0.3) is 22.5 Å². The van der Waals surface area contributed by atoms with E-state index in [2.05, 4.69) is 34.3 Å². The Hall–Kier alpha value is -3.62. The van der Waals surface area contributed by atoms with E-state index in [-0.39, 0.29) is 6.03 Å². The van der Waals surface area contributed by atoms with Crippen LogP contribution in [0, 0.1) is 0 Å². The monoisotopic (exact) mass is 564 g/mol. The van der Waals surface area contributed by atoms with Gasteiger partial charge in [-0.3, -0.25) is 0 Å². The van der Waals surface area contributed by atoms with Crippen LogP contribution in [0.5, 0.6) is 11.5 Å². The molecule has 9 heteroatoms. The Bertz CT molecular complexity index is 1370. The number of halogens is 1. The lowest BCUT2D eigenvalue weighted by Crippen LogP contribution is -2.29. The van der Waals surface area contributed by atoms with Gasteiger partial charge in [0.2, 0.25) is 0 Å². The zero-order valence-corrected chi connectivity index (χ0v) is 23.9. The third-order valence-electron chi connectivity index (χ3n) is 6.15. The lowest BCUT2D eigenvalue weighted by atomic mass is 10.0. The molecule has 0 spiro atoms. The first-order valence-corrected chi connectivity index (χ1v) is 14.2.